The fraction of sp³-hybridized carbons (Fsp3) is 0.385. The summed E-state index contributed by atoms with van der Waals surface area (Å²) in [5.74, 6) is -3.13. The highest BCUT2D eigenvalue weighted by Crippen LogP contribution is 2.28. The van der Waals surface area contributed by atoms with Gasteiger partial charge in [0.15, 0.2) is 0 Å². The molecule has 0 atom stereocenters. The summed E-state index contributed by atoms with van der Waals surface area (Å²) in [6.45, 7) is 1.36. The van der Waals surface area contributed by atoms with Crippen LogP contribution in [-0.4, -0.2) is 53.5 Å². The second kappa shape index (κ2) is 6.00. The third kappa shape index (κ3) is 2.64. The first-order valence-corrected chi connectivity index (χ1v) is 6.11. The van der Waals surface area contributed by atoms with Gasteiger partial charge < -0.3 is 14.9 Å². The molecule has 108 valence electrons. The number of rotatable bonds is 5. The molecule has 7 heteroatoms. The Morgan fingerprint density at radius 3 is 2.15 bits per heavy atom. The van der Waals surface area contributed by atoms with Gasteiger partial charge >= 0.3 is 17.5 Å². The first-order chi connectivity index (χ1) is 9.57. The number of morpholine rings is 1. The average Bonchev–Trinajstić information content (AvgIpc) is 2.46. The molecular formula is C13H15NO6. The van der Waals surface area contributed by atoms with Crippen LogP contribution in [0, 0.1) is 0 Å². The number of carboxylic acids is 2. The Morgan fingerprint density at radius 2 is 1.65 bits per heavy atom. The van der Waals surface area contributed by atoms with Crippen molar-refractivity contribution in [2.45, 2.75) is 5.60 Å². The maximum atomic E-state index is 11.6. The largest absolute Gasteiger partial charge is 0.478 e. The molecule has 1 aliphatic heterocycles. The molecule has 1 aromatic rings. The summed E-state index contributed by atoms with van der Waals surface area (Å²) >= 11 is 0. The molecule has 0 aromatic heterocycles. The molecule has 20 heavy (non-hydrogen) atoms. The fourth-order valence-corrected chi connectivity index (χ4v) is 1.97. The highest BCUT2D eigenvalue weighted by atomic mass is 16.7. The van der Waals surface area contributed by atoms with Crippen LogP contribution in [0.2, 0.25) is 0 Å². The van der Waals surface area contributed by atoms with E-state index in [-0.39, 0.29) is 5.56 Å². The monoisotopic (exact) mass is 281 g/mol. The van der Waals surface area contributed by atoms with Gasteiger partial charge in [-0.3, -0.25) is 4.84 Å². The maximum absolute atomic E-state index is 11.6. The Kier molecular flexibility index (Phi) is 4.33. The summed E-state index contributed by atoms with van der Waals surface area (Å²) in [5.41, 5.74) is -2.38. The molecule has 1 heterocycles. The minimum atomic E-state index is -2.45. The SMILES string of the molecule is O=C(O)C(ON1CCOCC1)(C(=O)O)c1ccccc1. The van der Waals surface area contributed by atoms with E-state index in [0.29, 0.717) is 26.3 Å². The normalized spacial score (nSPS) is 16.8. The van der Waals surface area contributed by atoms with Crippen LogP contribution in [0.4, 0.5) is 0 Å². The first-order valence-electron chi connectivity index (χ1n) is 6.11. The van der Waals surface area contributed by atoms with E-state index in [4.69, 9.17) is 9.57 Å². The first kappa shape index (κ1) is 14.4. The molecule has 0 bridgehead atoms. The molecule has 2 N–H and O–H groups in total. The minimum Gasteiger partial charge on any atom is -0.478 e. The van der Waals surface area contributed by atoms with Crippen LogP contribution in [0.5, 0.6) is 0 Å². The molecule has 0 radical (unpaired) electrons. The third-order valence-electron chi connectivity index (χ3n) is 3.02. The maximum Gasteiger partial charge on any atom is 0.354 e. The van der Waals surface area contributed by atoms with Gasteiger partial charge in [0.1, 0.15) is 0 Å². The van der Waals surface area contributed by atoms with Crippen molar-refractivity contribution in [2.24, 2.45) is 0 Å². The van der Waals surface area contributed by atoms with Gasteiger partial charge in [0.05, 0.1) is 13.2 Å². The van der Waals surface area contributed by atoms with E-state index in [0.717, 1.165) is 0 Å². The molecule has 0 amide bonds. The molecule has 0 aliphatic carbocycles. The molecular weight excluding hydrogens is 266 g/mol. The van der Waals surface area contributed by atoms with Gasteiger partial charge in [0, 0.05) is 18.7 Å². The van der Waals surface area contributed by atoms with Gasteiger partial charge in [-0.05, 0) is 0 Å². The van der Waals surface area contributed by atoms with Gasteiger partial charge in [-0.15, -0.1) is 0 Å². The Hall–Kier alpha value is -1.96. The molecule has 1 aromatic carbocycles. The highest BCUT2D eigenvalue weighted by molar-refractivity contribution is 6.02. The van der Waals surface area contributed by atoms with Crippen LogP contribution in [0.25, 0.3) is 0 Å². The number of nitrogens with zero attached hydrogens (tertiary/aromatic N) is 1. The molecule has 1 saturated heterocycles. The van der Waals surface area contributed by atoms with E-state index in [1.807, 2.05) is 0 Å². The molecule has 2 rings (SSSR count). The summed E-state index contributed by atoms with van der Waals surface area (Å²) < 4.78 is 5.12. The second-order valence-corrected chi connectivity index (χ2v) is 4.29. The smallest absolute Gasteiger partial charge is 0.354 e. The quantitative estimate of drug-likeness (QED) is 0.750. The van der Waals surface area contributed by atoms with Gasteiger partial charge in [-0.25, -0.2) is 9.59 Å². The molecule has 0 saturated carbocycles. The Labute approximate surface area is 115 Å². The number of hydroxylamine groups is 2. The van der Waals surface area contributed by atoms with Gasteiger partial charge in [0.2, 0.25) is 0 Å². The topological polar surface area (TPSA) is 96.3 Å². The van der Waals surface area contributed by atoms with E-state index in [9.17, 15) is 19.8 Å². The van der Waals surface area contributed by atoms with E-state index in [2.05, 4.69) is 0 Å². The zero-order chi connectivity index (χ0) is 14.6. The average molecular weight is 281 g/mol. The fourth-order valence-electron chi connectivity index (χ4n) is 1.97. The molecule has 1 aliphatic rings. The van der Waals surface area contributed by atoms with Crippen molar-refractivity contribution in [1.82, 2.24) is 5.06 Å². The van der Waals surface area contributed by atoms with Crippen LogP contribution in [-0.2, 0) is 24.8 Å². The lowest BCUT2D eigenvalue weighted by atomic mass is 9.94. The van der Waals surface area contributed by atoms with Crippen molar-refractivity contribution in [3.8, 4) is 0 Å². The lowest BCUT2D eigenvalue weighted by Crippen LogP contribution is -2.52. The van der Waals surface area contributed by atoms with Crippen LogP contribution in [0.15, 0.2) is 30.3 Å². The number of carboxylic acid groups (broad SMARTS) is 2. The highest BCUT2D eigenvalue weighted by Gasteiger charge is 2.52. The van der Waals surface area contributed by atoms with Crippen molar-refractivity contribution in [3.63, 3.8) is 0 Å². The number of carbonyl (C=O) groups is 2. The molecule has 0 unspecified atom stereocenters. The summed E-state index contributed by atoms with van der Waals surface area (Å²) in [6, 6.07) is 7.65. The standard InChI is InChI=1S/C13H15NO6/c15-11(16)13(12(17)18,10-4-2-1-3-5-10)20-14-6-8-19-9-7-14/h1-5H,6-9H2,(H,15,16)(H,17,18). The van der Waals surface area contributed by atoms with E-state index in [1.54, 1.807) is 18.2 Å². The number of benzene rings is 1. The number of ether oxygens (including phenoxy) is 1. The van der Waals surface area contributed by atoms with Gasteiger partial charge in [0.25, 0.3) is 0 Å². The molecule has 0 spiro atoms. The zero-order valence-electron chi connectivity index (χ0n) is 10.7. The number of hydrogen-bond donors (Lipinski definition) is 2. The number of hydrogen-bond acceptors (Lipinski definition) is 5. The Morgan fingerprint density at radius 1 is 1.10 bits per heavy atom. The Bertz CT molecular complexity index is 469. The van der Waals surface area contributed by atoms with Crippen LogP contribution >= 0.6 is 0 Å². The molecule has 7 nitrogen and oxygen atoms in total. The van der Waals surface area contributed by atoms with E-state index in [1.165, 1.54) is 17.2 Å². The van der Waals surface area contributed by atoms with Crippen molar-refractivity contribution in [2.75, 3.05) is 26.3 Å². The van der Waals surface area contributed by atoms with Crippen molar-refractivity contribution in [1.29, 1.82) is 0 Å². The van der Waals surface area contributed by atoms with E-state index >= 15 is 0 Å². The zero-order valence-corrected chi connectivity index (χ0v) is 10.7. The third-order valence-corrected chi connectivity index (χ3v) is 3.02. The van der Waals surface area contributed by atoms with Gasteiger partial charge in [-0.1, -0.05) is 30.3 Å². The van der Waals surface area contributed by atoms with Crippen LogP contribution in [0.3, 0.4) is 0 Å². The minimum absolute atomic E-state index is 0.0616. The molecule has 1 fully saturated rings. The number of aliphatic carboxylic acids is 2. The summed E-state index contributed by atoms with van der Waals surface area (Å²) in [6.07, 6.45) is 0. The predicted molar refractivity (Wildman–Crippen MR) is 66.9 cm³/mol. The lowest BCUT2D eigenvalue weighted by Gasteiger charge is -2.33. The summed E-state index contributed by atoms with van der Waals surface area (Å²) in [4.78, 5) is 28.5. The van der Waals surface area contributed by atoms with Crippen molar-refractivity contribution >= 4 is 11.9 Å². The summed E-state index contributed by atoms with van der Waals surface area (Å²) in [5, 5.41) is 20.1. The van der Waals surface area contributed by atoms with Crippen LogP contribution < -0.4 is 0 Å². The van der Waals surface area contributed by atoms with Crippen molar-refractivity contribution in [3.05, 3.63) is 35.9 Å². The summed E-state index contributed by atoms with van der Waals surface area (Å²) in [7, 11) is 0. The Balaban J connectivity index is 2.37. The van der Waals surface area contributed by atoms with E-state index < -0.39 is 17.5 Å². The van der Waals surface area contributed by atoms with Crippen molar-refractivity contribution < 1.29 is 29.4 Å². The predicted octanol–water partition coefficient (Wildman–Crippen LogP) is 0.315. The second-order valence-electron chi connectivity index (χ2n) is 4.29. The van der Waals surface area contributed by atoms with Crippen LogP contribution in [0.1, 0.15) is 5.56 Å². The van der Waals surface area contributed by atoms with Gasteiger partial charge in [-0.2, -0.15) is 5.06 Å². The lowest BCUT2D eigenvalue weighted by molar-refractivity contribution is -0.270.